The van der Waals surface area contributed by atoms with E-state index in [0.29, 0.717) is 12.4 Å². The van der Waals surface area contributed by atoms with Crippen molar-refractivity contribution < 1.29 is 4.74 Å². The van der Waals surface area contributed by atoms with E-state index in [4.69, 9.17) is 9.73 Å². The maximum absolute atomic E-state index is 6.17. The highest BCUT2D eigenvalue weighted by Crippen LogP contribution is 2.28. The predicted octanol–water partition coefficient (Wildman–Crippen LogP) is 7.23. The van der Waals surface area contributed by atoms with Crippen molar-refractivity contribution in [2.24, 2.45) is 4.99 Å². The summed E-state index contributed by atoms with van der Waals surface area (Å²) in [5.41, 5.74) is 4.17. The summed E-state index contributed by atoms with van der Waals surface area (Å²) in [6, 6.07) is 8.57. The Hall–Kier alpha value is -3.05. The van der Waals surface area contributed by atoms with Crippen molar-refractivity contribution in [2.75, 3.05) is 20.1 Å². The smallest absolute Gasteiger partial charge is 0.188 e. The van der Waals surface area contributed by atoms with Gasteiger partial charge >= 0.3 is 0 Å². The maximum Gasteiger partial charge on any atom is 0.188 e. The van der Waals surface area contributed by atoms with E-state index < -0.39 is 0 Å². The highest BCUT2D eigenvalue weighted by molar-refractivity contribution is 5.96. The Morgan fingerprint density at radius 3 is 2.56 bits per heavy atom. The Bertz CT molecular complexity index is 1010. The SMILES string of the molecule is C=C/C(=C1/N=C(N(CCC(=C)CCC)C(=C)OC(C)(C)C)C=CN1C)c1cccc(CNCCC)c1. The molecule has 0 atom stereocenters. The maximum atomic E-state index is 6.17. The summed E-state index contributed by atoms with van der Waals surface area (Å²) >= 11 is 0. The van der Waals surface area contributed by atoms with Crippen LogP contribution >= 0.6 is 0 Å². The van der Waals surface area contributed by atoms with E-state index in [-0.39, 0.29) is 5.60 Å². The minimum atomic E-state index is -0.358. The van der Waals surface area contributed by atoms with Gasteiger partial charge in [0.2, 0.25) is 0 Å². The monoisotopic (exact) mass is 490 g/mol. The van der Waals surface area contributed by atoms with Gasteiger partial charge in [-0.3, -0.25) is 4.90 Å². The molecular formula is C31H46N4O. The number of hydrogen-bond acceptors (Lipinski definition) is 5. The first-order chi connectivity index (χ1) is 17.1. The largest absolute Gasteiger partial charge is 0.474 e. The summed E-state index contributed by atoms with van der Waals surface area (Å²) in [5.74, 6) is 2.21. The summed E-state index contributed by atoms with van der Waals surface area (Å²) in [6.45, 7) is 25.6. The van der Waals surface area contributed by atoms with Gasteiger partial charge in [-0.05, 0) is 76.4 Å². The summed E-state index contributed by atoms with van der Waals surface area (Å²) in [7, 11) is 2.01. The standard InChI is InChI=1S/C31H46N4O/c1-10-14-24(4)17-21-35(25(5)36-31(6,7)8)29-18-20-34(9)30(33-29)28(12-3)27-16-13-15-26(22-27)23-32-19-11-2/h12-13,15-16,18,20,22,32H,3-5,10-11,14,17,19,21,23H2,1-2,6-9H3/b30-28+. The molecule has 0 aliphatic carbocycles. The second-order valence-corrected chi connectivity index (χ2v) is 10.2. The quantitative estimate of drug-likeness (QED) is 0.180. The fraction of sp³-hybridized carbons (Fsp3) is 0.452. The minimum absolute atomic E-state index is 0.358. The van der Waals surface area contributed by atoms with Crippen molar-refractivity contribution in [3.05, 3.63) is 90.8 Å². The van der Waals surface area contributed by atoms with Gasteiger partial charge in [0.05, 0.1) is 0 Å². The lowest BCUT2D eigenvalue weighted by atomic mass is 10.0. The van der Waals surface area contributed by atoms with E-state index in [1.807, 2.05) is 51.1 Å². The van der Waals surface area contributed by atoms with E-state index in [2.05, 4.69) is 68.1 Å². The number of allylic oxidation sites excluding steroid dienone is 2. The molecule has 0 fully saturated rings. The molecule has 196 valence electrons. The molecule has 0 spiro atoms. The molecule has 1 aliphatic rings. The highest BCUT2D eigenvalue weighted by Gasteiger charge is 2.23. The topological polar surface area (TPSA) is 40.1 Å². The zero-order valence-electron chi connectivity index (χ0n) is 23.4. The Morgan fingerprint density at radius 1 is 1.17 bits per heavy atom. The normalized spacial score (nSPS) is 14.8. The second kappa shape index (κ2) is 13.9. The molecule has 1 aliphatic heterocycles. The summed E-state index contributed by atoms with van der Waals surface area (Å²) in [6.07, 6.45) is 10.00. The van der Waals surface area contributed by atoms with Crippen LogP contribution in [0.1, 0.15) is 71.4 Å². The van der Waals surface area contributed by atoms with Gasteiger partial charge in [0.15, 0.2) is 5.88 Å². The van der Waals surface area contributed by atoms with Crippen LogP contribution in [0.15, 0.2) is 84.6 Å². The molecule has 1 heterocycles. The van der Waals surface area contributed by atoms with Gasteiger partial charge in [-0.2, -0.15) is 0 Å². The number of aliphatic imine (C=N–C) groups is 1. The van der Waals surface area contributed by atoms with Crippen molar-refractivity contribution in [1.29, 1.82) is 0 Å². The Labute approximate surface area is 219 Å². The minimum Gasteiger partial charge on any atom is -0.474 e. The van der Waals surface area contributed by atoms with Crippen molar-refractivity contribution in [3.8, 4) is 0 Å². The van der Waals surface area contributed by atoms with Crippen molar-refractivity contribution >= 4 is 11.4 Å². The van der Waals surface area contributed by atoms with E-state index in [1.165, 1.54) is 11.1 Å². The molecule has 0 radical (unpaired) electrons. The molecule has 0 saturated heterocycles. The van der Waals surface area contributed by atoms with Crippen LogP contribution in [0.4, 0.5) is 0 Å². The third-order valence-electron chi connectivity index (χ3n) is 5.73. The molecular weight excluding hydrogens is 444 g/mol. The molecule has 1 aromatic carbocycles. The van der Waals surface area contributed by atoms with Gasteiger partial charge in [-0.1, -0.05) is 63.3 Å². The van der Waals surface area contributed by atoms with E-state index >= 15 is 0 Å². The Morgan fingerprint density at radius 2 is 1.92 bits per heavy atom. The average Bonchev–Trinajstić information content (AvgIpc) is 2.81. The van der Waals surface area contributed by atoms with Crippen molar-refractivity contribution in [1.82, 2.24) is 15.1 Å². The summed E-state index contributed by atoms with van der Waals surface area (Å²) in [4.78, 5) is 9.18. The van der Waals surface area contributed by atoms with Gasteiger partial charge in [-0.25, -0.2) is 4.99 Å². The van der Waals surface area contributed by atoms with Crippen LogP contribution in [0.25, 0.3) is 5.57 Å². The molecule has 0 aromatic heterocycles. The molecule has 0 bridgehead atoms. The first kappa shape index (κ1) is 29.2. The molecule has 1 aromatic rings. The number of ether oxygens (including phenoxy) is 1. The lowest BCUT2D eigenvalue weighted by Crippen LogP contribution is -2.36. The Kier molecular flexibility index (Phi) is 11.3. The van der Waals surface area contributed by atoms with E-state index in [1.54, 1.807) is 0 Å². The van der Waals surface area contributed by atoms with Crippen LogP contribution < -0.4 is 5.32 Å². The lowest BCUT2D eigenvalue weighted by Gasteiger charge is -2.33. The molecule has 36 heavy (non-hydrogen) atoms. The van der Waals surface area contributed by atoms with Crippen LogP contribution in [0.3, 0.4) is 0 Å². The number of hydrogen-bond donors (Lipinski definition) is 1. The third-order valence-corrected chi connectivity index (χ3v) is 5.73. The first-order valence-electron chi connectivity index (χ1n) is 13.1. The molecule has 0 saturated carbocycles. The number of nitrogens with one attached hydrogen (secondary N) is 1. The van der Waals surface area contributed by atoms with Crippen LogP contribution in [-0.2, 0) is 11.3 Å². The molecule has 2 rings (SSSR count). The fourth-order valence-electron chi connectivity index (χ4n) is 3.99. The first-order valence-corrected chi connectivity index (χ1v) is 13.1. The summed E-state index contributed by atoms with van der Waals surface area (Å²) in [5, 5.41) is 3.48. The Balaban J connectivity index is 2.46. The molecule has 0 amide bonds. The zero-order chi connectivity index (χ0) is 26.7. The number of benzene rings is 1. The highest BCUT2D eigenvalue weighted by atomic mass is 16.5. The van der Waals surface area contributed by atoms with Gasteiger partial charge in [0, 0.05) is 31.9 Å². The fourth-order valence-corrected chi connectivity index (χ4v) is 3.99. The average molecular weight is 491 g/mol. The van der Waals surface area contributed by atoms with Crippen molar-refractivity contribution in [3.63, 3.8) is 0 Å². The van der Waals surface area contributed by atoms with Crippen LogP contribution in [0.5, 0.6) is 0 Å². The molecule has 5 nitrogen and oxygen atoms in total. The van der Waals surface area contributed by atoms with E-state index in [0.717, 1.165) is 61.6 Å². The zero-order valence-corrected chi connectivity index (χ0v) is 23.4. The molecule has 5 heteroatoms. The van der Waals surface area contributed by atoms with Gasteiger partial charge in [0.1, 0.15) is 17.3 Å². The second-order valence-electron chi connectivity index (χ2n) is 10.2. The van der Waals surface area contributed by atoms with Crippen LogP contribution in [0, 0.1) is 0 Å². The number of nitrogens with zero attached hydrogens (tertiary/aromatic N) is 3. The third kappa shape index (κ3) is 8.87. The van der Waals surface area contributed by atoms with Crippen molar-refractivity contribution in [2.45, 2.75) is 72.4 Å². The summed E-state index contributed by atoms with van der Waals surface area (Å²) < 4.78 is 6.17. The lowest BCUT2D eigenvalue weighted by molar-refractivity contribution is 0.0197. The number of rotatable bonds is 13. The van der Waals surface area contributed by atoms with Gasteiger partial charge < -0.3 is 15.0 Å². The van der Waals surface area contributed by atoms with Gasteiger partial charge in [-0.15, -0.1) is 0 Å². The van der Waals surface area contributed by atoms with Gasteiger partial charge in [0.25, 0.3) is 0 Å². The molecule has 1 N–H and O–H groups in total. The van der Waals surface area contributed by atoms with Crippen LogP contribution in [0.2, 0.25) is 0 Å². The van der Waals surface area contributed by atoms with E-state index in [9.17, 15) is 0 Å². The molecule has 0 unspecified atom stereocenters. The van der Waals surface area contributed by atoms with Crippen LogP contribution in [-0.4, -0.2) is 41.4 Å². The number of amidine groups is 1. The predicted molar refractivity (Wildman–Crippen MR) is 155 cm³/mol.